The second kappa shape index (κ2) is 6.50. The van der Waals surface area contributed by atoms with E-state index in [-0.39, 0.29) is 17.4 Å². The molecular weight excluding hydrogens is 264 g/mol. The van der Waals surface area contributed by atoms with Crippen LogP contribution in [0.15, 0.2) is 18.2 Å². The summed E-state index contributed by atoms with van der Waals surface area (Å²) in [5, 5.41) is 8.88. The molecule has 1 aromatic carbocycles. The zero-order valence-electron chi connectivity index (χ0n) is 14.1. The number of hydrogen-bond donors (Lipinski definition) is 1. The third-order valence-corrected chi connectivity index (χ3v) is 4.55. The molecule has 0 aromatic heterocycles. The van der Waals surface area contributed by atoms with E-state index in [1.807, 2.05) is 12.1 Å². The van der Waals surface area contributed by atoms with Gasteiger partial charge in [-0.3, -0.25) is 0 Å². The Kier molecular flexibility index (Phi) is 5.43. The lowest BCUT2D eigenvalue weighted by molar-refractivity contribution is -0.139. The van der Waals surface area contributed by atoms with Crippen molar-refractivity contribution in [2.24, 2.45) is 0 Å². The van der Waals surface area contributed by atoms with Crippen LogP contribution in [0.5, 0.6) is 5.75 Å². The standard InChI is InChI=1S/C18H28O3/c1-7-17(3,4)13-10-9-11-14(21-12-15(19)20)16(13)18(5,6)8-2/h9-11H,7-8,12H2,1-6H3,(H,19,20). The van der Waals surface area contributed by atoms with Gasteiger partial charge in [0.1, 0.15) is 5.75 Å². The Bertz CT molecular complexity index is 501. The van der Waals surface area contributed by atoms with Crippen LogP contribution in [-0.2, 0) is 15.6 Å². The smallest absolute Gasteiger partial charge is 0.341 e. The molecule has 0 fully saturated rings. The first-order valence-electron chi connectivity index (χ1n) is 7.64. The summed E-state index contributed by atoms with van der Waals surface area (Å²) in [5.41, 5.74) is 2.36. The van der Waals surface area contributed by atoms with Crippen LogP contribution in [0.1, 0.15) is 65.5 Å². The molecule has 0 radical (unpaired) electrons. The molecule has 1 rings (SSSR count). The van der Waals surface area contributed by atoms with Gasteiger partial charge in [-0.05, 0) is 35.3 Å². The van der Waals surface area contributed by atoms with Gasteiger partial charge in [0, 0.05) is 5.56 Å². The quantitative estimate of drug-likeness (QED) is 0.803. The van der Waals surface area contributed by atoms with E-state index in [2.05, 4.69) is 47.6 Å². The molecule has 0 saturated heterocycles. The van der Waals surface area contributed by atoms with Crippen LogP contribution in [-0.4, -0.2) is 17.7 Å². The van der Waals surface area contributed by atoms with Crippen LogP contribution in [0, 0.1) is 0 Å². The molecular formula is C18H28O3. The minimum atomic E-state index is -0.949. The summed E-state index contributed by atoms with van der Waals surface area (Å²) in [6, 6.07) is 5.98. The van der Waals surface area contributed by atoms with E-state index in [4.69, 9.17) is 9.84 Å². The van der Waals surface area contributed by atoms with Gasteiger partial charge in [-0.2, -0.15) is 0 Å². The minimum absolute atomic E-state index is 0.0321. The predicted molar refractivity (Wildman–Crippen MR) is 86.2 cm³/mol. The molecule has 0 amide bonds. The van der Waals surface area contributed by atoms with Gasteiger partial charge in [-0.15, -0.1) is 0 Å². The maximum Gasteiger partial charge on any atom is 0.341 e. The summed E-state index contributed by atoms with van der Waals surface area (Å²) in [7, 11) is 0. The summed E-state index contributed by atoms with van der Waals surface area (Å²) >= 11 is 0. The molecule has 0 aliphatic heterocycles. The van der Waals surface area contributed by atoms with E-state index in [0.29, 0.717) is 5.75 Å². The molecule has 0 aliphatic carbocycles. The minimum Gasteiger partial charge on any atom is -0.482 e. The normalized spacial score (nSPS) is 12.3. The molecule has 0 unspecified atom stereocenters. The molecule has 0 heterocycles. The topological polar surface area (TPSA) is 46.5 Å². The van der Waals surface area contributed by atoms with Crippen molar-refractivity contribution in [3.63, 3.8) is 0 Å². The Morgan fingerprint density at radius 3 is 2.14 bits per heavy atom. The summed E-state index contributed by atoms with van der Waals surface area (Å²) in [6.45, 7) is 12.8. The van der Waals surface area contributed by atoms with Crippen molar-refractivity contribution in [3.05, 3.63) is 29.3 Å². The molecule has 1 N–H and O–H groups in total. The number of carbonyl (C=O) groups is 1. The van der Waals surface area contributed by atoms with Gasteiger partial charge >= 0.3 is 5.97 Å². The van der Waals surface area contributed by atoms with E-state index in [9.17, 15) is 4.79 Å². The first-order chi connectivity index (χ1) is 9.65. The van der Waals surface area contributed by atoms with Crippen LogP contribution >= 0.6 is 0 Å². The molecule has 0 saturated carbocycles. The lowest BCUT2D eigenvalue weighted by Gasteiger charge is -2.35. The summed E-state index contributed by atoms with van der Waals surface area (Å²) in [4.78, 5) is 10.8. The van der Waals surface area contributed by atoms with Gasteiger partial charge in [-0.25, -0.2) is 4.79 Å². The fraction of sp³-hybridized carbons (Fsp3) is 0.611. The Morgan fingerprint density at radius 2 is 1.67 bits per heavy atom. The molecule has 21 heavy (non-hydrogen) atoms. The highest BCUT2D eigenvalue weighted by atomic mass is 16.5. The number of aliphatic carboxylic acids is 1. The van der Waals surface area contributed by atoms with Crippen LogP contribution in [0.25, 0.3) is 0 Å². The van der Waals surface area contributed by atoms with E-state index < -0.39 is 5.97 Å². The third kappa shape index (κ3) is 3.99. The molecule has 0 spiro atoms. The van der Waals surface area contributed by atoms with Crippen LogP contribution in [0.4, 0.5) is 0 Å². The number of carboxylic acid groups (broad SMARTS) is 1. The first kappa shape index (κ1) is 17.5. The van der Waals surface area contributed by atoms with Gasteiger partial charge in [0.2, 0.25) is 0 Å². The van der Waals surface area contributed by atoms with Crippen molar-refractivity contribution in [3.8, 4) is 5.75 Å². The second-order valence-electron chi connectivity index (χ2n) is 6.84. The second-order valence-corrected chi connectivity index (χ2v) is 6.84. The maximum atomic E-state index is 10.8. The van der Waals surface area contributed by atoms with Gasteiger partial charge < -0.3 is 9.84 Å². The van der Waals surface area contributed by atoms with Crippen LogP contribution < -0.4 is 4.74 Å². The Labute approximate surface area is 128 Å². The van der Waals surface area contributed by atoms with Crippen molar-refractivity contribution in [1.29, 1.82) is 0 Å². The van der Waals surface area contributed by atoms with E-state index in [1.54, 1.807) is 0 Å². The summed E-state index contributed by atoms with van der Waals surface area (Å²) < 4.78 is 5.57. The zero-order chi connectivity index (χ0) is 16.3. The third-order valence-electron chi connectivity index (χ3n) is 4.55. The average molecular weight is 292 g/mol. The highest BCUT2D eigenvalue weighted by molar-refractivity contribution is 5.68. The van der Waals surface area contributed by atoms with Crippen molar-refractivity contribution in [2.75, 3.05) is 6.61 Å². The molecule has 0 bridgehead atoms. The molecule has 3 nitrogen and oxygen atoms in total. The largest absolute Gasteiger partial charge is 0.482 e. The monoisotopic (exact) mass is 292 g/mol. The molecule has 0 atom stereocenters. The van der Waals surface area contributed by atoms with Gasteiger partial charge in [-0.1, -0.05) is 53.7 Å². The SMILES string of the molecule is CCC(C)(C)c1cccc(OCC(=O)O)c1C(C)(C)CC. The van der Waals surface area contributed by atoms with E-state index >= 15 is 0 Å². The van der Waals surface area contributed by atoms with Gasteiger partial charge in [0.25, 0.3) is 0 Å². The number of ether oxygens (including phenoxy) is 1. The van der Waals surface area contributed by atoms with Crippen molar-refractivity contribution < 1.29 is 14.6 Å². The Hall–Kier alpha value is -1.51. The highest BCUT2D eigenvalue weighted by Gasteiger charge is 2.31. The van der Waals surface area contributed by atoms with Gasteiger partial charge in [0.15, 0.2) is 6.61 Å². The fourth-order valence-electron chi connectivity index (χ4n) is 2.42. The van der Waals surface area contributed by atoms with Gasteiger partial charge in [0.05, 0.1) is 0 Å². The summed E-state index contributed by atoms with van der Waals surface area (Å²) in [5.74, 6) is -0.251. The lowest BCUT2D eigenvalue weighted by Crippen LogP contribution is -2.27. The van der Waals surface area contributed by atoms with E-state index in [0.717, 1.165) is 18.4 Å². The Balaban J connectivity index is 3.45. The highest BCUT2D eigenvalue weighted by Crippen LogP contribution is 2.42. The van der Waals surface area contributed by atoms with Crippen molar-refractivity contribution in [2.45, 2.75) is 65.2 Å². The molecule has 1 aromatic rings. The Morgan fingerprint density at radius 1 is 1.10 bits per heavy atom. The van der Waals surface area contributed by atoms with E-state index in [1.165, 1.54) is 5.56 Å². The predicted octanol–water partition coefficient (Wildman–Crippen LogP) is 4.53. The number of hydrogen-bond acceptors (Lipinski definition) is 2. The molecule has 0 aliphatic rings. The molecule has 118 valence electrons. The fourth-order valence-corrected chi connectivity index (χ4v) is 2.42. The maximum absolute atomic E-state index is 10.8. The zero-order valence-corrected chi connectivity index (χ0v) is 14.1. The lowest BCUT2D eigenvalue weighted by atomic mass is 9.71. The summed E-state index contributed by atoms with van der Waals surface area (Å²) in [6.07, 6.45) is 1.98. The number of carboxylic acids is 1. The molecule has 3 heteroatoms. The number of rotatable bonds is 7. The average Bonchev–Trinajstić information content (AvgIpc) is 2.44. The van der Waals surface area contributed by atoms with Crippen molar-refractivity contribution in [1.82, 2.24) is 0 Å². The van der Waals surface area contributed by atoms with Crippen LogP contribution in [0.3, 0.4) is 0 Å². The first-order valence-corrected chi connectivity index (χ1v) is 7.64. The number of benzene rings is 1. The van der Waals surface area contributed by atoms with Crippen LogP contribution in [0.2, 0.25) is 0 Å². The van der Waals surface area contributed by atoms with Crippen molar-refractivity contribution >= 4 is 5.97 Å².